The molecule has 0 saturated carbocycles. The summed E-state index contributed by atoms with van der Waals surface area (Å²) in [7, 11) is 0. The summed E-state index contributed by atoms with van der Waals surface area (Å²) >= 11 is 0. The fourth-order valence-electron chi connectivity index (χ4n) is 2.74. The number of nitrogens with one attached hydrogen (secondary N) is 2. The molecule has 5 heteroatoms. The number of anilines is 1. The summed E-state index contributed by atoms with van der Waals surface area (Å²) in [4.78, 5) is 24.7. The van der Waals surface area contributed by atoms with E-state index in [0.717, 1.165) is 22.4 Å². The highest BCUT2D eigenvalue weighted by Crippen LogP contribution is 2.19. The molecule has 0 aliphatic heterocycles. The molecule has 4 nitrogen and oxygen atoms in total. The molecule has 0 fully saturated rings. The van der Waals surface area contributed by atoms with Crippen LogP contribution in [0.25, 0.3) is 0 Å². The number of hydrogen-bond donors (Lipinski definition) is 2. The highest BCUT2D eigenvalue weighted by Gasteiger charge is 2.11. The van der Waals surface area contributed by atoms with E-state index in [-0.39, 0.29) is 17.6 Å². The molecule has 0 aliphatic carbocycles. The van der Waals surface area contributed by atoms with Crippen LogP contribution in [0, 0.1) is 19.7 Å². The van der Waals surface area contributed by atoms with Crippen molar-refractivity contribution >= 4 is 17.5 Å². The van der Waals surface area contributed by atoms with E-state index in [0.29, 0.717) is 17.7 Å². The van der Waals surface area contributed by atoms with Gasteiger partial charge in [0.1, 0.15) is 5.82 Å². The van der Waals surface area contributed by atoms with Crippen LogP contribution in [0.4, 0.5) is 10.1 Å². The molecule has 0 heterocycles. The minimum absolute atomic E-state index is 0.230. The second-order valence-electron chi connectivity index (χ2n) is 6.59. The third-order valence-electron chi connectivity index (χ3n) is 4.63. The van der Waals surface area contributed by atoms with Crippen molar-refractivity contribution < 1.29 is 14.0 Å². The van der Waals surface area contributed by atoms with Crippen molar-refractivity contribution in [2.24, 2.45) is 0 Å². The maximum Gasteiger partial charge on any atom is 0.255 e. The zero-order valence-corrected chi connectivity index (χ0v) is 15.8. The van der Waals surface area contributed by atoms with Crippen LogP contribution in [-0.2, 0) is 6.54 Å². The van der Waals surface area contributed by atoms with Crippen LogP contribution in [0.3, 0.4) is 0 Å². The monoisotopic (exact) mass is 376 g/mol. The smallest absolute Gasteiger partial charge is 0.255 e. The lowest BCUT2D eigenvalue weighted by atomic mass is 10.1. The van der Waals surface area contributed by atoms with Gasteiger partial charge in [-0.3, -0.25) is 9.59 Å². The van der Waals surface area contributed by atoms with E-state index < -0.39 is 0 Å². The fourth-order valence-corrected chi connectivity index (χ4v) is 2.74. The molecule has 0 aromatic heterocycles. The topological polar surface area (TPSA) is 58.2 Å². The minimum Gasteiger partial charge on any atom is -0.348 e. The molecule has 2 N–H and O–H groups in total. The van der Waals surface area contributed by atoms with E-state index in [2.05, 4.69) is 10.6 Å². The zero-order chi connectivity index (χ0) is 20.1. The Bertz CT molecular complexity index is 996. The lowest BCUT2D eigenvalue weighted by Gasteiger charge is -2.11. The second-order valence-corrected chi connectivity index (χ2v) is 6.59. The van der Waals surface area contributed by atoms with Crippen molar-refractivity contribution in [3.8, 4) is 0 Å². The first kappa shape index (κ1) is 19.3. The number of carbonyl (C=O) groups is 2. The van der Waals surface area contributed by atoms with Gasteiger partial charge in [0.15, 0.2) is 0 Å². The quantitative estimate of drug-likeness (QED) is 0.682. The van der Waals surface area contributed by atoms with Crippen LogP contribution in [0.1, 0.15) is 37.4 Å². The van der Waals surface area contributed by atoms with Gasteiger partial charge < -0.3 is 10.6 Å². The molecule has 28 heavy (non-hydrogen) atoms. The average Bonchev–Trinajstić information content (AvgIpc) is 2.71. The largest absolute Gasteiger partial charge is 0.348 e. The molecule has 2 amide bonds. The van der Waals surface area contributed by atoms with Crippen molar-refractivity contribution in [1.82, 2.24) is 5.32 Å². The van der Waals surface area contributed by atoms with Crippen LogP contribution in [0.5, 0.6) is 0 Å². The van der Waals surface area contributed by atoms with E-state index in [1.54, 1.807) is 36.4 Å². The van der Waals surface area contributed by atoms with Crippen molar-refractivity contribution in [3.05, 3.63) is 100 Å². The highest BCUT2D eigenvalue weighted by atomic mass is 19.1. The third kappa shape index (κ3) is 4.62. The molecule has 3 aromatic carbocycles. The Labute approximate surface area is 163 Å². The van der Waals surface area contributed by atoms with Gasteiger partial charge in [0.05, 0.1) is 0 Å². The number of benzene rings is 3. The van der Waals surface area contributed by atoms with Gasteiger partial charge in [-0.05, 0) is 73.0 Å². The lowest BCUT2D eigenvalue weighted by molar-refractivity contribution is 0.0949. The molecule has 3 rings (SSSR count). The molecule has 3 aromatic rings. The van der Waals surface area contributed by atoms with Gasteiger partial charge in [-0.1, -0.05) is 24.3 Å². The third-order valence-corrected chi connectivity index (χ3v) is 4.63. The Morgan fingerprint density at radius 3 is 2.07 bits per heavy atom. The van der Waals surface area contributed by atoms with Crippen molar-refractivity contribution in [2.45, 2.75) is 20.4 Å². The van der Waals surface area contributed by atoms with Crippen LogP contribution >= 0.6 is 0 Å². The Morgan fingerprint density at radius 2 is 1.43 bits per heavy atom. The van der Waals surface area contributed by atoms with Gasteiger partial charge in [0.25, 0.3) is 11.8 Å². The maximum atomic E-state index is 12.9. The summed E-state index contributed by atoms with van der Waals surface area (Å²) < 4.78 is 12.9. The highest BCUT2D eigenvalue weighted by molar-refractivity contribution is 6.05. The van der Waals surface area contributed by atoms with Crippen LogP contribution in [0.15, 0.2) is 66.7 Å². The maximum absolute atomic E-state index is 12.9. The average molecular weight is 376 g/mol. The van der Waals surface area contributed by atoms with Gasteiger partial charge in [-0.2, -0.15) is 0 Å². The standard InChI is InChI=1S/C23H21FN2O2/c1-15-4-3-5-21(16(15)2)26-23(28)19-10-8-18(9-11-19)22(27)25-14-17-6-12-20(24)13-7-17/h3-13H,14H2,1-2H3,(H,25,27)(H,26,28). The lowest BCUT2D eigenvalue weighted by Crippen LogP contribution is -2.23. The number of amides is 2. The van der Waals surface area contributed by atoms with Crippen LogP contribution in [-0.4, -0.2) is 11.8 Å². The first-order valence-electron chi connectivity index (χ1n) is 8.94. The van der Waals surface area contributed by atoms with E-state index in [1.807, 2.05) is 32.0 Å². The summed E-state index contributed by atoms with van der Waals surface area (Å²) in [5.41, 5.74) is 4.62. The Hall–Kier alpha value is -3.47. The molecule has 0 radical (unpaired) electrons. The van der Waals surface area contributed by atoms with Crippen molar-refractivity contribution in [2.75, 3.05) is 5.32 Å². The van der Waals surface area contributed by atoms with Gasteiger partial charge in [-0.25, -0.2) is 4.39 Å². The predicted octanol–water partition coefficient (Wildman–Crippen LogP) is 4.62. The SMILES string of the molecule is Cc1cccc(NC(=O)c2ccc(C(=O)NCc3ccc(F)cc3)cc2)c1C. The van der Waals surface area contributed by atoms with Crippen molar-refractivity contribution in [1.29, 1.82) is 0 Å². The van der Waals surface area contributed by atoms with Crippen molar-refractivity contribution in [3.63, 3.8) is 0 Å². The molecule has 0 atom stereocenters. The zero-order valence-electron chi connectivity index (χ0n) is 15.8. The Morgan fingerprint density at radius 1 is 0.821 bits per heavy atom. The molecule has 0 unspecified atom stereocenters. The normalized spacial score (nSPS) is 10.4. The molecule has 0 spiro atoms. The molecule has 142 valence electrons. The summed E-state index contributed by atoms with van der Waals surface area (Å²) in [5, 5.41) is 5.67. The number of rotatable bonds is 5. The molecule has 0 bridgehead atoms. The summed E-state index contributed by atoms with van der Waals surface area (Å²) in [6, 6.07) is 18.1. The molecular formula is C23H21FN2O2. The van der Waals surface area contributed by atoms with E-state index in [9.17, 15) is 14.0 Å². The molecular weight excluding hydrogens is 355 g/mol. The first-order valence-corrected chi connectivity index (χ1v) is 8.94. The van der Waals surface area contributed by atoms with Crippen LogP contribution < -0.4 is 10.6 Å². The van der Waals surface area contributed by atoms with Gasteiger partial charge in [0, 0.05) is 23.4 Å². The van der Waals surface area contributed by atoms with Gasteiger partial charge in [0.2, 0.25) is 0 Å². The number of carbonyl (C=O) groups excluding carboxylic acids is 2. The predicted molar refractivity (Wildman–Crippen MR) is 108 cm³/mol. The summed E-state index contributed by atoms with van der Waals surface area (Å²) in [5.74, 6) is -0.803. The summed E-state index contributed by atoms with van der Waals surface area (Å²) in [6.07, 6.45) is 0. The molecule has 0 saturated heterocycles. The fraction of sp³-hybridized carbons (Fsp3) is 0.130. The van der Waals surface area contributed by atoms with E-state index in [4.69, 9.17) is 0 Å². The molecule has 0 aliphatic rings. The van der Waals surface area contributed by atoms with Gasteiger partial charge in [-0.15, -0.1) is 0 Å². The van der Waals surface area contributed by atoms with Gasteiger partial charge >= 0.3 is 0 Å². The Kier molecular flexibility index (Phi) is 5.84. The second kappa shape index (κ2) is 8.48. The summed E-state index contributed by atoms with van der Waals surface area (Å²) in [6.45, 7) is 4.25. The van der Waals surface area contributed by atoms with Crippen LogP contribution in [0.2, 0.25) is 0 Å². The van der Waals surface area contributed by atoms with E-state index >= 15 is 0 Å². The van der Waals surface area contributed by atoms with E-state index in [1.165, 1.54) is 12.1 Å². The number of halogens is 1. The minimum atomic E-state index is -0.315. The number of aryl methyl sites for hydroxylation is 1. The Balaban J connectivity index is 1.62. The number of hydrogen-bond acceptors (Lipinski definition) is 2. The first-order chi connectivity index (χ1) is 13.4.